The van der Waals surface area contributed by atoms with Gasteiger partial charge in [0.2, 0.25) is 0 Å². The molecule has 4 nitrogen and oxygen atoms in total. The standard InChI is InChI=1S/C17H14N2O2S/c20-16(18-12-7-8-12)11-6-9-14-15(10-11)22-17(19-14)21-13-4-2-1-3-5-13/h1-6,9-10,12H,7-8H2,(H,18,20). The predicted octanol–water partition coefficient (Wildman–Crippen LogP) is 3.98. The number of hydrogen-bond donors (Lipinski definition) is 1. The largest absolute Gasteiger partial charge is 0.431 e. The maximum Gasteiger partial charge on any atom is 0.279 e. The van der Waals surface area contributed by atoms with Crippen LogP contribution in [-0.4, -0.2) is 16.9 Å². The van der Waals surface area contributed by atoms with E-state index in [4.69, 9.17) is 4.74 Å². The topological polar surface area (TPSA) is 51.2 Å². The Hall–Kier alpha value is -2.40. The highest BCUT2D eigenvalue weighted by molar-refractivity contribution is 7.20. The number of benzene rings is 2. The Kier molecular flexibility index (Phi) is 3.27. The highest BCUT2D eigenvalue weighted by atomic mass is 32.1. The number of nitrogens with zero attached hydrogens (tertiary/aromatic N) is 1. The second-order valence-electron chi connectivity index (χ2n) is 5.33. The number of carbonyl (C=O) groups excluding carboxylic acids is 1. The summed E-state index contributed by atoms with van der Waals surface area (Å²) in [4.78, 5) is 16.5. The minimum absolute atomic E-state index is 0.0108. The monoisotopic (exact) mass is 310 g/mol. The van der Waals surface area contributed by atoms with Gasteiger partial charge in [0.25, 0.3) is 11.1 Å². The first-order chi connectivity index (χ1) is 10.8. The normalized spacial score (nSPS) is 14.0. The molecule has 0 saturated heterocycles. The van der Waals surface area contributed by atoms with Crippen LogP contribution in [0.3, 0.4) is 0 Å². The van der Waals surface area contributed by atoms with Crippen LogP contribution in [0.25, 0.3) is 10.2 Å². The molecule has 3 aromatic rings. The van der Waals surface area contributed by atoms with Crippen LogP contribution >= 0.6 is 11.3 Å². The highest BCUT2D eigenvalue weighted by Gasteiger charge is 2.24. The Labute approximate surface area is 131 Å². The molecule has 1 amide bonds. The summed E-state index contributed by atoms with van der Waals surface area (Å²) in [6, 6.07) is 15.5. The zero-order chi connectivity index (χ0) is 14.9. The van der Waals surface area contributed by atoms with Crippen LogP contribution in [0.1, 0.15) is 23.2 Å². The van der Waals surface area contributed by atoms with Crippen molar-refractivity contribution < 1.29 is 9.53 Å². The molecule has 0 radical (unpaired) electrons. The Morgan fingerprint density at radius 1 is 1.18 bits per heavy atom. The van der Waals surface area contributed by atoms with E-state index in [1.807, 2.05) is 48.5 Å². The number of carbonyl (C=O) groups is 1. The molecule has 1 aliphatic rings. The van der Waals surface area contributed by atoms with Crippen molar-refractivity contribution in [2.45, 2.75) is 18.9 Å². The molecule has 0 spiro atoms. The van der Waals surface area contributed by atoms with Gasteiger partial charge in [-0.2, -0.15) is 0 Å². The van der Waals surface area contributed by atoms with Crippen molar-refractivity contribution >= 4 is 27.5 Å². The fourth-order valence-electron chi connectivity index (χ4n) is 2.17. The van der Waals surface area contributed by atoms with Crippen LogP contribution < -0.4 is 10.1 Å². The van der Waals surface area contributed by atoms with E-state index in [0.29, 0.717) is 16.8 Å². The van der Waals surface area contributed by atoms with Crippen LogP contribution in [0.2, 0.25) is 0 Å². The number of fused-ring (bicyclic) bond motifs is 1. The molecule has 1 aromatic heterocycles. The zero-order valence-corrected chi connectivity index (χ0v) is 12.6. The predicted molar refractivity (Wildman–Crippen MR) is 86.6 cm³/mol. The van der Waals surface area contributed by atoms with E-state index in [-0.39, 0.29) is 5.91 Å². The Bertz CT molecular complexity index is 825. The van der Waals surface area contributed by atoms with Gasteiger partial charge in [0, 0.05) is 11.6 Å². The van der Waals surface area contributed by atoms with Crippen LogP contribution in [-0.2, 0) is 0 Å². The molecule has 110 valence electrons. The molecule has 4 rings (SSSR count). The number of hydrogen-bond acceptors (Lipinski definition) is 4. The summed E-state index contributed by atoms with van der Waals surface area (Å²) in [5, 5.41) is 3.58. The van der Waals surface area contributed by atoms with E-state index >= 15 is 0 Å². The lowest BCUT2D eigenvalue weighted by Gasteiger charge is -2.02. The second kappa shape index (κ2) is 5.42. The van der Waals surface area contributed by atoms with Gasteiger partial charge in [-0.25, -0.2) is 4.98 Å². The van der Waals surface area contributed by atoms with E-state index in [1.54, 1.807) is 0 Å². The number of nitrogens with one attached hydrogen (secondary N) is 1. The third kappa shape index (κ3) is 2.80. The first kappa shape index (κ1) is 13.3. The lowest BCUT2D eigenvalue weighted by Crippen LogP contribution is -2.25. The van der Waals surface area contributed by atoms with Gasteiger partial charge in [0.05, 0.1) is 10.2 Å². The Morgan fingerprint density at radius 3 is 2.77 bits per heavy atom. The van der Waals surface area contributed by atoms with Crippen molar-refractivity contribution in [2.24, 2.45) is 0 Å². The molecule has 0 aliphatic heterocycles. The van der Waals surface area contributed by atoms with Crippen LogP contribution in [0.15, 0.2) is 48.5 Å². The summed E-state index contributed by atoms with van der Waals surface area (Å²) in [6.45, 7) is 0. The van der Waals surface area contributed by atoms with Gasteiger partial charge in [0.15, 0.2) is 0 Å². The molecule has 1 N–H and O–H groups in total. The molecule has 0 atom stereocenters. The maximum absolute atomic E-state index is 12.1. The molecule has 2 aromatic carbocycles. The first-order valence-corrected chi connectivity index (χ1v) is 8.04. The molecule has 0 bridgehead atoms. The molecular weight excluding hydrogens is 296 g/mol. The summed E-state index contributed by atoms with van der Waals surface area (Å²) in [7, 11) is 0. The summed E-state index contributed by atoms with van der Waals surface area (Å²) >= 11 is 1.44. The van der Waals surface area contributed by atoms with E-state index < -0.39 is 0 Å². The molecule has 1 saturated carbocycles. The number of rotatable bonds is 4. The molecule has 1 heterocycles. The van der Waals surface area contributed by atoms with Gasteiger partial charge >= 0.3 is 0 Å². The quantitative estimate of drug-likeness (QED) is 0.793. The lowest BCUT2D eigenvalue weighted by atomic mass is 10.2. The average molecular weight is 310 g/mol. The molecular formula is C17H14N2O2S. The van der Waals surface area contributed by atoms with E-state index in [9.17, 15) is 4.79 Å². The second-order valence-corrected chi connectivity index (χ2v) is 6.32. The van der Waals surface area contributed by atoms with Crippen molar-refractivity contribution in [3.63, 3.8) is 0 Å². The Morgan fingerprint density at radius 2 is 2.00 bits per heavy atom. The number of para-hydroxylation sites is 1. The van der Waals surface area contributed by atoms with Crippen molar-refractivity contribution in [2.75, 3.05) is 0 Å². The summed E-state index contributed by atoms with van der Waals surface area (Å²) < 4.78 is 6.70. The van der Waals surface area contributed by atoms with Crippen molar-refractivity contribution in [3.05, 3.63) is 54.1 Å². The minimum atomic E-state index is -0.0108. The summed E-state index contributed by atoms with van der Waals surface area (Å²) in [5.41, 5.74) is 1.52. The van der Waals surface area contributed by atoms with E-state index in [0.717, 1.165) is 28.8 Å². The van der Waals surface area contributed by atoms with Gasteiger partial charge in [0.1, 0.15) is 5.75 Å². The first-order valence-electron chi connectivity index (χ1n) is 7.22. The van der Waals surface area contributed by atoms with Crippen molar-refractivity contribution in [3.8, 4) is 10.9 Å². The minimum Gasteiger partial charge on any atom is -0.431 e. The number of amides is 1. The van der Waals surface area contributed by atoms with Gasteiger partial charge in [-0.05, 0) is 43.2 Å². The number of thiazole rings is 1. The third-order valence-electron chi connectivity index (χ3n) is 3.49. The fraction of sp³-hybridized carbons (Fsp3) is 0.176. The highest BCUT2D eigenvalue weighted by Crippen LogP contribution is 2.32. The zero-order valence-electron chi connectivity index (χ0n) is 11.8. The average Bonchev–Trinajstić information content (AvgIpc) is 3.25. The van der Waals surface area contributed by atoms with E-state index in [2.05, 4.69) is 10.3 Å². The van der Waals surface area contributed by atoms with Gasteiger partial charge in [-0.1, -0.05) is 29.5 Å². The van der Waals surface area contributed by atoms with Gasteiger partial charge in [-0.15, -0.1) is 0 Å². The molecule has 1 fully saturated rings. The maximum atomic E-state index is 12.1. The van der Waals surface area contributed by atoms with Crippen LogP contribution in [0.5, 0.6) is 10.9 Å². The molecule has 5 heteroatoms. The van der Waals surface area contributed by atoms with Crippen molar-refractivity contribution in [1.82, 2.24) is 10.3 Å². The van der Waals surface area contributed by atoms with Crippen molar-refractivity contribution in [1.29, 1.82) is 0 Å². The summed E-state index contributed by atoms with van der Waals surface area (Å²) in [5.74, 6) is 0.747. The molecule has 1 aliphatic carbocycles. The Balaban J connectivity index is 1.59. The third-order valence-corrected chi connectivity index (χ3v) is 4.39. The van der Waals surface area contributed by atoms with E-state index in [1.165, 1.54) is 11.3 Å². The number of aromatic nitrogens is 1. The SMILES string of the molecule is O=C(NC1CC1)c1ccc2nc(Oc3ccccc3)sc2c1. The summed E-state index contributed by atoms with van der Waals surface area (Å²) in [6.07, 6.45) is 2.17. The van der Waals surface area contributed by atoms with Crippen LogP contribution in [0, 0.1) is 0 Å². The molecule has 22 heavy (non-hydrogen) atoms. The van der Waals surface area contributed by atoms with Gasteiger partial charge in [-0.3, -0.25) is 4.79 Å². The number of ether oxygens (including phenoxy) is 1. The fourth-order valence-corrected chi connectivity index (χ4v) is 3.05. The smallest absolute Gasteiger partial charge is 0.279 e. The van der Waals surface area contributed by atoms with Gasteiger partial charge < -0.3 is 10.1 Å². The lowest BCUT2D eigenvalue weighted by molar-refractivity contribution is 0.0951. The molecule has 0 unspecified atom stereocenters. The van der Waals surface area contributed by atoms with Crippen LogP contribution in [0.4, 0.5) is 0 Å².